The van der Waals surface area contributed by atoms with Gasteiger partial charge >= 0.3 is 0 Å². The lowest BCUT2D eigenvalue weighted by molar-refractivity contribution is -0.117. The molecule has 2 aromatic carbocycles. The lowest BCUT2D eigenvalue weighted by Gasteiger charge is -2.17. The van der Waals surface area contributed by atoms with Crippen molar-refractivity contribution in [3.05, 3.63) is 65.5 Å². The molecule has 1 aliphatic heterocycles. The smallest absolute Gasteiger partial charge is 0.231 e. The normalized spacial score (nSPS) is 13.4. The number of fused-ring (bicyclic) bond motifs is 1. The van der Waals surface area contributed by atoms with E-state index in [9.17, 15) is 9.18 Å². The molecule has 0 spiro atoms. The molecule has 19 heavy (non-hydrogen) atoms. The first-order valence-corrected chi connectivity index (χ1v) is 6.37. The van der Waals surface area contributed by atoms with Crippen molar-refractivity contribution in [1.29, 1.82) is 0 Å². The number of hydrogen-bond donors (Lipinski definition) is 0. The predicted molar refractivity (Wildman–Crippen MR) is 72.6 cm³/mol. The maximum atomic E-state index is 13.1. The quantitative estimate of drug-likeness (QED) is 0.808. The van der Waals surface area contributed by atoms with Crippen molar-refractivity contribution < 1.29 is 9.18 Å². The zero-order valence-corrected chi connectivity index (χ0v) is 10.5. The highest BCUT2D eigenvalue weighted by Crippen LogP contribution is 2.29. The molecule has 2 aromatic rings. The summed E-state index contributed by atoms with van der Waals surface area (Å²) in [6, 6.07) is 14.3. The minimum Gasteiger partial charge on any atom is -0.312 e. The molecule has 0 N–H and O–H groups in total. The topological polar surface area (TPSA) is 20.3 Å². The molecule has 0 saturated carbocycles. The number of carbonyl (C=O) groups is 1. The molecule has 3 rings (SSSR count). The van der Waals surface area contributed by atoms with E-state index in [-0.39, 0.29) is 11.7 Å². The molecule has 1 aliphatic rings. The Bertz CT molecular complexity index is 609. The van der Waals surface area contributed by atoms with Gasteiger partial charge in [0.25, 0.3) is 0 Å². The minimum atomic E-state index is -0.240. The van der Waals surface area contributed by atoms with E-state index in [1.165, 1.54) is 12.1 Å². The van der Waals surface area contributed by atoms with Crippen LogP contribution in [0.25, 0.3) is 0 Å². The van der Waals surface area contributed by atoms with E-state index in [4.69, 9.17) is 0 Å². The van der Waals surface area contributed by atoms with E-state index in [0.717, 1.165) is 23.2 Å². The van der Waals surface area contributed by atoms with E-state index in [1.807, 2.05) is 30.3 Å². The largest absolute Gasteiger partial charge is 0.312 e. The zero-order valence-electron chi connectivity index (χ0n) is 10.5. The fourth-order valence-corrected chi connectivity index (χ4v) is 2.50. The molecule has 0 unspecified atom stereocenters. The first kappa shape index (κ1) is 11.9. The Balaban J connectivity index is 1.80. The lowest BCUT2D eigenvalue weighted by atomic mass is 10.1. The Kier molecular flexibility index (Phi) is 3.03. The highest BCUT2D eigenvalue weighted by molar-refractivity contribution is 5.96. The molecule has 2 nitrogen and oxygen atoms in total. The van der Waals surface area contributed by atoms with Crippen LogP contribution in [0.1, 0.15) is 11.1 Å². The first-order chi connectivity index (χ1) is 9.24. The highest BCUT2D eigenvalue weighted by Gasteiger charge is 2.24. The Morgan fingerprint density at radius 1 is 1.16 bits per heavy atom. The monoisotopic (exact) mass is 255 g/mol. The van der Waals surface area contributed by atoms with Crippen molar-refractivity contribution in [2.45, 2.75) is 12.8 Å². The molecule has 96 valence electrons. The van der Waals surface area contributed by atoms with E-state index < -0.39 is 0 Å². The molecule has 0 atom stereocenters. The summed E-state index contributed by atoms with van der Waals surface area (Å²) < 4.78 is 13.1. The van der Waals surface area contributed by atoms with Crippen molar-refractivity contribution >= 4 is 11.6 Å². The molecule has 1 amide bonds. The second-order valence-electron chi connectivity index (χ2n) is 4.73. The number of carbonyl (C=O) groups excluding carboxylic acids is 1. The maximum absolute atomic E-state index is 13.1. The third-order valence-electron chi connectivity index (χ3n) is 3.44. The summed E-state index contributed by atoms with van der Waals surface area (Å²) in [5, 5.41) is 0. The number of nitrogens with zero attached hydrogens (tertiary/aromatic N) is 1. The maximum Gasteiger partial charge on any atom is 0.231 e. The van der Waals surface area contributed by atoms with E-state index in [1.54, 1.807) is 11.0 Å². The number of amides is 1. The van der Waals surface area contributed by atoms with Gasteiger partial charge in [0.05, 0.1) is 6.42 Å². The van der Waals surface area contributed by atoms with Gasteiger partial charge in [-0.3, -0.25) is 4.79 Å². The molecule has 0 bridgehead atoms. The van der Waals surface area contributed by atoms with Crippen LogP contribution in [0, 0.1) is 5.82 Å². The Morgan fingerprint density at radius 2 is 1.95 bits per heavy atom. The summed E-state index contributed by atoms with van der Waals surface area (Å²) in [7, 11) is 0. The van der Waals surface area contributed by atoms with Gasteiger partial charge in [0.15, 0.2) is 0 Å². The summed E-state index contributed by atoms with van der Waals surface area (Å²) in [4.78, 5) is 14.0. The van der Waals surface area contributed by atoms with Gasteiger partial charge in [0.2, 0.25) is 5.91 Å². The summed E-state index contributed by atoms with van der Waals surface area (Å²) in [5.74, 6) is -0.173. The van der Waals surface area contributed by atoms with Crippen LogP contribution < -0.4 is 4.90 Å². The second-order valence-corrected chi connectivity index (χ2v) is 4.73. The predicted octanol–water partition coefficient (Wildman–Crippen LogP) is 2.96. The van der Waals surface area contributed by atoms with Gasteiger partial charge in [0.1, 0.15) is 5.82 Å². The molecule has 1 heterocycles. The molecule has 0 aromatic heterocycles. The van der Waals surface area contributed by atoms with Gasteiger partial charge in [-0.2, -0.15) is 0 Å². The minimum absolute atomic E-state index is 0.0663. The van der Waals surface area contributed by atoms with Crippen LogP contribution in [-0.2, 0) is 17.6 Å². The van der Waals surface area contributed by atoms with E-state index in [0.29, 0.717) is 13.0 Å². The average Bonchev–Trinajstić information content (AvgIpc) is 2.82. The molecule has 0 saturated heterocycles. The third-order valence-corrected chi connectivity index (χ3v) is 3.44. The van der Waals surface area contributed by atoms with Crippen LogP contribution in [0.5, 0.6) is 0 Å². The standard InChI is InChI=1S/C16H14FNO/c17-14-6-7-15-13(11-14)8-9-18(15)16(19)10-12-4-2-1-3-5-12/h1-7,11H,8-10H2. The summed E-state index contributed by atoms with van der Waals surface area (Å²) in [5.41, 5.74) is 2.77. The summed E-state index contributed by atoms with van der Waals surface area (Å²) in [6.07, 6.45) is 1.12. The molecule has 3 heteroatoms. The second kappa shape index (κ2) is 4.84. The van der Waals surface area contributed by atoms with Crippen molar-refractivity contribution in [1.82, 2.24) is 0 Å². The molecule has 0 radical (unpaired) electrons. The van der Waals surface area contributed by atoms with Crippen LogP contribution in [0.3, 0.4) is 0 Å². The third kappa shape index (κ3) is 2.36. The lowest BCUT2D eigenvalue weighted by Crippen LogP contribution is -2.30. The van der Waals surface area contributed by atoms with Gasteiger partial charge in [-0.05, 0) is 35.7 Å². The zero-order chi connectivity index (χ0) is 13.2. The van der Waals surface area contributed by atoms with E-state index >= 15 is 0 Å². The van der Waals surface area contributed by atoms with Gasteiger partial charge in [-0.15, -0.1) is 0 Å². The molecular formula is C16H14FNO. The Hall–Kier alpha value is -2.16. The number of anilines is 1. The van der Waals surface area contributed by atoms with Crippen molar-refractivity contribution in [2.75, 3.05) is 11.4 Å². The SMILES string of the molecule is O=C(Cc1ccccc1)N1CCc2cc(F)ccc21. The van der Waals surface area contributed by atoms with Crippen molar-refractivity contribution in [3.8, 4) is 0 Å². The average molecular weight is 255 g/mol. The first-order valence-electron chi connectivity index (χ1n) is 6.37. The number of benzene rings is 2. The highest BCUT2D eigenvalue weighted by atomic mass is 19.1. The fourth-order valence-electron chi connectivity index (χ4n) is 2.50. The molecular weight excluding hydrogens is 241 g/mol. The van der Waals surface area contributed by atoms with E-state index in [2.05, 4.69) is 0 Å². The Morgan fingerprint density at radius 3 is 2.74 bits per heavy atom. The Labute approximate surface area is 111 Å². The van der Waals surface area contributed by atoms with Crippen molar-refractivity contribution in [2.24, 2.45) is 0 Å². The van der Waals surface area contributed by atoms with Crippen molar-refractivity contribution in [3.63, 3.8) is 0 Å². The van der Waals surface area contributed by atoms with Crippen LogP contribution in [-0.4, -0.2) is 12.5 Å². The number of hydrogen-bond acceptors (Lipinski definition) is 1. The van der Waals surface area contributed by atoms with Crippen LogP contribution in [0.15, 0.2) is 48.5 Å². The van der Waals surface area contributed by atoms with Gasteiger partial charge in [-0.1, -0.05) is 30.3 Å². The number of rotatable bonds is 2. The van der Waals surface area contributed by atoms with Gasteiger partial charge in [-0.25, -0.2) is 4.39 Å². The fraction of sp³-hybridized carbons (Fsp3) is 0.188. The van der Waals surface area contributed by atoms with Gasteiger partial charge < -0.3 is 4.90 Å². The number of halogens is 1. The summed E-state index contributed by atoms with van der Waals surface area (Å²) in [6.45, 7) is 0.643. The summed E-state index contributed by atoms with van der Waals surface area (Å²) >= 11 is 0. The van der Waals surface area contributed by atoms with Crippen LogP contribution >= 0.6 is 0 Å². The molecule has 0 fully saturated rings. The molecule has 0 aliphatic carbocycles. The van der Waals surface area contributed by atoms with Crippen LogP contribution in [0.2, 0.25) is 0 Å². The van der Waals surface area contributed by atoms with Crippen LogP contribution in [0.4, 0.5) is 10.1 Å². The van der Waals surface area contributed by atoms with Gasteiger partial charge in [0, 0.05) is 12.2 Å².